The van der Waals surface area contributed by atoms with Gasteiger partial charge in [-0.1, -0.05) is 24.5 Å². The minimum Gasteiger partial charge on any atom is -0.497 e. The van der Waals surface area contributed by atoms with Crippen LogP contribution in [0.15, 0.2) is 18.2 Å². The highest BCUT2D eigenvalue weighted by molar-refractivity contribution is 6.76. The second-order valence-corrected chi connectivity index (χ2v) is 11.4. The molecule has 7 nitrogen and oxygen atoms in total. The van der Waals surface area contributed by atoms with Crippen molar-refractivity contribution in [3.63, 3.8) is 0 Å². The predicted octanol–water partition coefficient (Wildman–Crippen LogP) is 2.34. The maximum absolute atomic E-state index is 11.6. The van der Waals surface area contributed by atoms with Gasteiger partial charge in [0, 0.05) is 14.1 Å². The Balaban J connectivity index is 2.01. The molecule has 0 saturated heterocycles. The van der Waals surface area contributed by atoms with Crippen molar-refractivity contribution in [1.29, 1.82) is 0 Å². The Morgan fingerprint density at radius 3 is 2.76 bits per heavy atom. The second-order valence-electron chi connectivity index (χ2n) is 5.82. The molecule has 1 aromatic carbocycles. The van der Waals surface area contributed by atoms with Crippen LogP contribution in [0.3, 0.4) is 0 Å². The second kappa shape index (κ2) is 6.13. The Morgan fingerprint density at radius 1 is 1.33 bits per heavy atom. The van der Waals surface area contributed by atoms with Gasteiger partial charge in [0.05, 0.1) is 13.7 Å². The molecular weight excluding hydrogens is 290 g/mol. The van der Waals surface area contributed by atoms with E-state index in [4.69, 9.17) is 14.3 Å². The highest BCUT2D eigenvalue weighted by Gasteiger charge is 2.16. The number of carbonyl (C=O) groups excluding carboxylic acids is 1. The topological polar surface area (TPSA) is 75.5 Å². The van der Waals surface area contributed by atoms with Gasteiger partial charge >= 0.3 is 6.16 Å². The zero-order valence-corrected chi connectivity index (χ0v) is 13.6. The molecule has 0 N–H and O–H groups in total. The van der Waals surface area contributed by atoms with E-state index in [2.05, 4.69) is 30.0 Å². The highest BCUT2D eigenvalue weighted by atomic mass is 28.3. The summed E-state index contributed by atoms with van der Waals surface area (Å²) >= 11 is 0. The summed E-state index contributed by atoms with van der Waals surface area (Å²) in [5.74, 6) is 0.627. The van der Waals surface area contributed by atoms with Gasteiger partial charge in [-0.05, 0) is 23.4 Å². The third-order valence-corrected chi connectivity index (χ3v) is 4.56. The molecule has 0 fully saturated rings. The van der Waals surface area contributed by atoms with Gasteiger partial charge in [-0.3, -0.25) is 4.84 Å². The molecular formula is C13H19N3O4Si. The van der Waals surface area contributed by atoms with Gasteiger partial charge in [0.25, 0.3) is 0 Å². The normalized spacial score (nSPS) is 11.4. The van der Waals surface area contributed by atoms with Crippen LogP contribution in [-0.4, -0.2) is 43.1 Å². The summed E-state index contributed by atoms with van der Waals surface area (Å²) in [7, 11) is 0.313. The Hall–Kier alpha value is -2.09. The van der Waals surface area contributed by atoms with Gasteiger partial charge in [0.15, 0.2) is 0 Å². The molecule has 1 aromatic heterocycles. The Kier molecular flexibility index (Phi) is 4.46. The van der Waals surface area contributed by atoms with Crippen LogP contribution < -0.4 is 9.57 Å². The van der Waals surface area contributed by atoms with Gasteiger partial charge in [-0.25, -0.2) is 4.79 Å². The average molecular weight is 309 g/mol. The number of fused-ring (bicyclic) bond motifs is 1. The van der Waals surface area contributed by atoms with Crippen LogP contribution in [0.25, 0.3) is 11.0 Å². The first kappa shape index (κ1) is 15.3. The van der Waals surface area contributed by atoms with E-state index in [0.717, 1.165) is 10.9 Å². The van der Waals surface area contributed by atoms with Gasteiger partial charge < -0.3 is 9.47 Å². The fourth-order valence-electron chi connectivity index (χ4n) is 1.61. The maximum Gasteiger partial charge on any atom is 0.535 e. The number of aromatic nitrogens is 3. The molecule has 0 unspecified atom stereocenters. The van der Waals surface area contributed by atoms with Gasteiger partial charge in [-0.2, -0.15) is 0 Å². The van der Waals surface area contributed by atoms with Crippen molar-refractivity contribution in [3.05, 3.63) is 18.2 Å². The lowest BCUT2D eigenvalue weighted by Crippen LogP contribution is -2.26. The number of rotatable bonds is 5. The first-order chi connectivity index (χ1) is 9.89. The Labute approximate surface area is 123 Å². The lowest BCUT2D eigenvalue weighted by atomic mass is 10.3. The monoisotopic (exact) mass is 309 g/mol. The van der Waals surface area contributed by atoms with Crippen LogP contribution in [-0.2, 0) is 4.74 Å². The molecule has 0 saturated carbocycles. The van der Waals surface area contributed by atoms with Gasteiger partial charge in [0.1, 0.15) is 16.8 Å². The number of nitrogens with zero attached hydrogens (tertiary/aromatic N) is 3. The quantitative estimate of drug-likeness (QED) is 0.479. The number of ether oxygens (including phenoxy) is 2. The van der Waals surface area contributed by atoms with Crippen LogP contribution >= 0.6 is 0 Å². The number of benzene rings is 1. The van der Waals surface area contributed by atoms with E-state index >= 15 is 0 Å². The van der Waals surface area contributed by atoms with Crippen LogP contribution in [0.2, 0.25) is 25.7 Å². The molecule has 8 heteroatoms. The lowest BCUT2D eigenvalue weighted by molar-refractivity contribution is 0.0426. The van der Waals surface area contributed by atoms with E-state index in [1.54, 1.807) is 25.3 Å². The smallest absolute Gasteiger partial charge is 0.497 e. The first-order valence-electron chi connectivity index (χ1n) is 6.63. The fourth-order valence-corrected chi connectivity index (χ4v) is 2.32. The van der Waals surface area contributed by atoms with Crippen LogP contribution in [0.5, 0.6) is 5.75 Å². The van der Waals surface area contributed by atoms with E-state index in [0.29, 0.717) is 23.4 Å². The molecule has 2 rings (SSSR count). The summed E-state index contributed by atoms with van der Waals surface area (Å²) in [5, 5.41) is 7.66. The third-order valence-electron chi connectivity index (χ3n) is 2.86. The van der Waals surface area contributed by atoms with E-state index in [-0.39, 0.29) is 0 Å². The molecule has 0 bridgehead atoms. The van der Waals surface area contributed by atoms with Crippen molar-refractivity contribution in [2.24, 2.45) is 0 Å². The van der Waals surface area contributed by atoms with Gasteiger partial charge in [-0.15, -0.1) is 5.10 Å². The van der Waals surface area contributed by atoms with E-state index < -0.39 is 14.2 Å². The molecule has 2 aromatic rings. The molecule has 0 atom stereocenters. The van der Waals surface area contributed by atoms with Crippen molar-refractivity contribution in [2.45, 2.75) is 25.7 Å². The summed E-state index contributed by atoms with van der Waals surface area (Å²) in [6.45, 7) is 6.97. The fraction of sp³-hybridized carbons (Fsp3) is 0.462. The van der Waals surface area contributed by atoms with Crippen LogP contribution in [0.4, 0.5) is 4.79 Å². The predicted molar refractivity (Wildman–Crippen MR) is 80.2 cm³/mol. The van der Waals surface area contributed by atoms with Crippen molar-refractivity contribution in [1.82, 2.24) is 15.2 Å². The van der Waals surface area contributed by atoms with E-state index in [1.807, 2.05) is 0 Å². The van der Waals surface area contributed by atoms with Crippen LogP contribution in [0.1, 0.15) is 0 Å². The molecule has 0 aliphatic carbocycles. The first-order valence-corrected chi connectivity index (χ1v) is 10.3. The Morgan fingerprint density at radius 2 is 2.10 bits per heavy atom. The number of hydrogen-bond acceptors (Lipinski definition) is 6. The Bertz CT molecular complexity index is 636. The van der Waals surface area contributed by atoms with Gasteiger partial charge in [0.2, 0.25) is 0 Å². The SMILES string of the molecule is COc1ccc2nnn(OC(=O)OCC[Si](C)(C)C)c2c1. The zero-order chi connectivity index (χ0) is 15.5. The lowest BCUT2D eigenvalue weighted by Gasteiger charge is -2.14. The van der Waals surface area contributed by atoms with Crippen LogP contribution in [0, 0.1) is 0 Å². The molecule has 21 heavy (non-hydrogen) atoms. The number of methoxy groups -OCH3 is 1. The molecule has 0 aliphatic heterocycles. The third kappa shape index (κ3) is 4.18. The van der Waals surface area contributed by atoms with Crippen molar-refractivity contribution < 1.29 is 19.1 Å². The summed E-state index contributed by atoms with van der Waals surface area (Å²) < 4.78 is 10.2. The number of carbonyl (C=O) groups is 1. The molecule has 114 valence electrons. The van der Waals surface area contributed by atoms with E-state index in [1.165, 1.54) is 0 Å². The molecule has 0 aliphatic rings. The molecule has 0 amide bonds. The van der Waals surface area contributed by atoms with E-state index in [9.17, 15) is 4.79 Å². The maximum atomic E-state index is 11.6. The molecule has 1 heterocycles. The highest BCUT2D eigenvalue weighted by Crippen LogP contribution is 2.18. The average Bonchev–Trinajstić information content (AvgIpc) is 2.79. The number of hydrogen-bond donors (Lipinski definition) is 0. The summed E-state index contributed by atoms with van der Waals surface area (Å²) in [6, 6.07) is 6.06. The largest absolute Gasteiger partial charge is 0.535 e. The molecule has 0 radical (unpaired) electrons. The van der Waals surface area contributed by atoms with Crippen molar-refractivity contribution >= 4 is 25.3 Å². The molecule has 0 spiro atoms. The summed E-state index contributed by atoms with van der Waals surface area (Å²) in [6.07, 6.45) is -0.789. The standard InChI is InChI=1S/C13H19N3O4Si/c1-18-10-5-6-11-12(9-10)16(15-14-11)20-13(17)19-7-8-21(2,3)4/h5-6,9H,7-8H2,1-4H3. The summed E-state index contributed by atoms with van der Waals surface area (Å²) in [4.78, 5) is 17.7. The minimum atomic E-state index is -1.24. The zero-order valence-electron chi connectivity index (χ0n) is 12.6. The minimum absolute atomic E-state index is 0.352. The van der Waals surface area contributed by atoms with Crippen molar-refractivity contribution in [3.8, 4) is 5.75 Å². The van der Waals surface area contributed by atoms with Crippen molar-refractivity contribution in [2.75, 3.05) is 13.7 Å². The summed E-state index contributed by atoms with van der Waals surface area (Å²) in [5.41, 5.74) is 1.14.